The fraction of sp³-hybridized carbons (Fsp3) is 0.167. The number of aromatic nitrogens is 3. The van der Waals surface area contributed by atoms with E-state index in [1.54, 1.807) is 19.4 Å². The summed E-state index contributed by atoms with van der Waals surface area (Å²) >= 11 is 0. The molecule has 184 valence electrons. The molecule has 3 aromatic heterocycles. The molecule has 6 aromatic rings. The second-order valence-electron chi connectivity index (χ2n) is 9.06. The van der Waals surface area contributed by atoms with Crippen LogP contribution in [0.1, 0.15) is 31.9 Å². The zero-order chi connectivity index (χ0) is 25.5. The smallest absolute Gasteiger partial charge is 0.282 e. The lowest BCUT2D eigenvalue weighted by atomic mass is 10.2. The summed E-state index contributed by atoms with van der Waals surface area (Å²) in [5.41, 5.74) is 3.01. The Morgan fingerprint density at radius 2 is 1.81 bits per heavy atom. The molecule has 0 aliphatic heterocycles. The molecule has 37 heavy (non-hydrogen) atoms. The molecule has 1 atom stereocenters. The van der Waals surface area contributed by atoms with Crippen LogP contribution < -0.4 is 10.3 Å². The molecule has 0 N–H and O–H groups in total. The van der Waals surface area contributed by atoms with E-state index in [9.17, 15) is 4.79 Å². The minimum Gasteiger partial charge on any atom is -0.496 e. The van der Waals surface area contributed by atoms with Gasteiger partial charge in [-0.1, -0.05) is 43.3 Å². The highest BCUT2D eigenvalue weighted by molar-refractivity contribution is 5.99. The molecule has 0 saturated heterocycles. The van der Waals surface area contributed by atoms with Gasteiger partial charge in [0.25, 0.3) is 5.56 Å². The van der Waals surface area contributed by atoms with Crippen LogP contribution in [-0.2, 0) is 0 Å². The lowest BCUT2D eigenvalue weighted by Gasteiger charge is -2.12. The average molecular weight is 491 g/mol. The number of para-hydroxylation sites is 2. The van der Waals surface area contributed by atoms with Crippen LogP contribution in [0.15, 0.2) is 93.3 Å². The summed E-state index contributed by atoms with van der Waals surface area (Å²) in [4.78, 5) is 18.4. The van der Waals surface area contributed by atoms with Crippen molar-refractivity contribution >= 4 is 39.0 Å². The summed E-state index contributed by atoms with van der Waals surface area (Å²) < 4.78 is 15.2. The van der Waals surface area contributed by atoms with Crippen molar-refractivity contribution in [3.63, 3.8) is 0 Å². The summed E-state index contributed by atoms with van der Waals surface area (Å²) in [6, 6.07) is 23.2. The summed E-state index contributed by atoms with van der Waals surface area (Å²) in [6.07, 6.45) is 4.82. The second kappa shape index (κ2) is 9.09. The van der Waals surface area contributed by atoms with Gasteiger partial charge in [0.15, 0.2) is 5.76 Å². The number of hydrogen-bond acceptors (Lipinski definition) is 5. The van der Waals surface area contributed by atoms with Crippen LogP contribution in [0.5, 0.6) is 5.75 Å². The standard InChI is InChI=1S/C30H26N4O3/c1-4-19(2)33-18-20(21-10-6-8-13-25(21)33)17-31-34-29(32-24-12-7-5-11-22(24)30(34)35)28-16-23-26(36-3)14-9-15-27(23)37-28/h5-19H,4H2,1-3H3/t19-/m0/s1. The molecule has 0 aliphatic carbocycles. The van der Waals surface area contributed by atoms with Crippen molar-refractivity contribution in [2.75, 3.05) is 7.11 Å². The molecule has 0 unspecified atom stereocenters. The molecule has 3 aromatic carbocycles. The number of furan rings is 1. The van der Waals surface area contributed by atoms with E-state index >= 15 is 0 Å². The van der Waals surface area contributed by atoms with Crippen LogP contribution in [0.4, 0.5) is 0 Å². The fourth-order valence-corrected chi connectivity index (χ4v) is 4.73. The van der Waals surface area contributed by atoms with Gasteiger partial charge in [0.05, 0.1) is 29.6 Å². The third kappa shape index (κ3) is 3.80. The van der Waals surface area contributed by atoms with Gasteiger partial charge in [-0.15, -0.1) is 0 Å². The van der Waals surface area contributed by atoms with Gasteiger partial charge < -0.3 is 13.7 Å². The molecular weight excluding hydrogens is 464 g/mol. The van der Waals surface area contributed by atoms with Crippen molar-refractivity contribution in [2.45, 2.75) is 26.3 Å². The quantitative estimate of drug-likeness (QED) is 0.246. The lowest BCUT2D eigenvalue weighted by Crippen LogP contribution is -2.20. The number of nitrogens with zero attached hydrogens (tertiary/aromatic N) is 4. The fourth-order valence-electron chi connectivity index (χ4n) is 4.73. The Labute approximate surface area is 213 Å². The molecule has 0 fully saturated rings. The van der Waals surface area contributed by atoms with Crippen LogP contribution in [0.2, 0.25) is 0 Å². The van der Waals surface area contributed by atoms with Gasteiger partial charge in [0.1, 0.15) is 11.3 Å². The molecule has 3 heterocycles. The normalized spacial score (nSPS) is 12.7. The number of benzene rings is 3. The highest BCUT2D eigenvalue weighted by atomic mass is 16.5. The minimum absolute atomic E-state index is 0.269. The molecule has 7 heteroatoms. The van der Waals surface area contributed by atoms with E-state index in [1.165, 1.54) is 4.68 Å². The van der Waals surface area contributed by atoms with Crippen LogP contribution in [0, 0.1) is 0 Å². The van der Waals surface area contributed by atoms with Gasteiger partial charge >= 0.3 is 0 Å². The Morgan fingerprint density at radius 3 is 2.62 bits per heavy atom. The first-order chi connectivity index (χ1) is 18.1. The van der Waals surface area contributed by atoms with Gasteiger partial charge in [0, 0.05) is 28.7 Å². The van der Waals surface area contributed by atoms with Gasteiger partial charge in [-0.25, -0.2) is 4.98 Å². The Balaban J connectivity index is 1.57. The van der Waals surface area contributed by atoms with E-state index in [0.717, 1.165) is 28.3 Å². The third-order valence-electron chi connectivity index (χ3n) is 6.86. The van der Waals surface area contributed by atoms with Crippen molar-refractivity contribution in [3.8, 4) is 17.3 Å². The zero-order valence-electron chi connectivity index (χ0n) is 20.9. The molecular formula is C30H26N4O3. The van der Waals surface area contributed by atoms with E-state index in [1.807, 2.05) is 54.6 Å². The van der Waals surface area contributed by atoms with E-state index in [0.29, 0.717) is 39.9 Å². The van der Waals surface area contributed by atoms with Crippen LogP contribution >= 0.6 is 0 Å². The zero-order valence-corrected chi connectivity index (χ0v) is 20.9. The predicted octanol–water partition coefficient (Wildman–Crippen LogP) is 6.63. The molecule has 0 bridgehead atoms. The van der Waals surface area contributed by atoms with E-state index in [2.05, 4.69) is 41.8 Å². The number of fused-ring (bicyclic) bond motifs is 3. The van der Waals surface area contributed by atoms with Crippen molar-refractivity contribution in [2.24, 2.45) is 5.10 Å². The van der Waals surface area contributed by atoms with Crippen molar-refractivity contribution in [1.29, 1.82) is 0 Å². The summed E-state index contributed by atoms with van der Waals surface area (Å²) in [7, 11) is 1.62. The maximum atomic E-state index is 13.6. The molecule has 0 amide bonds. The van der Waals surface area contributed by atoms with Crippen LogP contribution in [-0.4, -0.2) is 27.6 Å². The van der Waals surface area contributed by atoms with Crippen molar-refractivity contribution in [3.05, 3.63) is 94.9 Å². The Kier molecular flexibility index (Phi) is 5.60. The highest BCUT2D eigenvalue weighted by Gasteiger charge is 2.18. The second-order valence-corrected chi connectivity index (χ2v) is 9.06. The molecule has 6 rings (SSSR count). The molecule has 7 nitrogen and oxygen atoms in total. The average Bonchev–Trinajstić information content (AvgIpc) is 3.54. The van der Waals surface area contributed by atoms with Gasteiger partial charge in [-0.05, 0) is 49.7 Å². The summed E-state index contributed by atoms with van der Waals surface area (Å²) in [5.74, 6) is 1.44. The number of methoxy groups -OCH3 is 1. The van der Waals surface area contributed by atoms with E-state index in [-0.39, 0.29) is 5.56 Å². The molecule has 0 spiro atoms. The summed E-state index contributed by atoms with van der Waals surface area (Å²) in [5, 5.41) is 7.03. The van der Waals surface area contributed by atoms with Gasteiger partial charge in [-0.3, -0.25) is 4.79 Å². The number of ether oxygens (including phenoxy) is 1. The first kappa shape index (κ1) is 22.8. The van der Waals surface area contributed by atoms with Crippen molar-refractivity contribution in [1.82, 2.24) is 14.2 Å². The molecule has 0 saturated carbocycles. The van der Waals surface area contributed by atoms with E-state index in [4.69, 9.17) is 14.1 Å². The maximum absolute atomic E-state index is 13.6. The monoisotopic (exact) mass is 490 g/mol. The largest absolute Gasteiger partial charge is 0.496 e. The van der Waals surface area contributed by atoms with Gasteiger partial charge in [-0.2, -0.15) is 9.78 Å². The Morgan fingerprint density at radius 1 is 1.03 bits per heavy atom. The first-order valence-corrected chi connectivity index (χ1v) is 12.3. The highest BCUT2D eigenvalue weighted by Crippen LogP contribution is 2.33. The van der Waals surface area contributed by atoms with Crippen LogP contribution in [0.25, 0.3) is 44.4 Å². The molecule has 0 aliphatic rings. The number of hydrogen-bond donors (Lipinski definition) is 0. The number of rotatable bonds is 6. The first-order valence-electron chi connectivity index (χ1n) is 12.3. The topological polar surface area (TPSA) is 74.6 Å². The lowest BCUT2D eigenvalue weighted by molar-refractivity contribution is 0.419. The third-order valence-corrected chi connectivity index (χ3v) is 6.86. The Hall–Kier alpha value is -4.65. The van der Waals surface area contributed by atoms with Gasteiger partial charge in [0.2, 0.25) is 5.82 Å². The maximum Gasteiger partial charge on any atom is 0.282 e. The van der Waals surface area contributed by atoms with Crippen LogP contribution in [0.3, 0.4) is 0 Å². The van der Waals surface area contributed by atoms with Crippen molar-refractivity contribution < 1.29 is 9.15 Å². The molecule has 0 radical (unpaired) electrons. The Bertz CT molecular complexity index is 1860. The summed E-state index contributed by atoms with van der Waals surface area (Å²) in [6.45, 7) is 4.36. The SMILES string of the molecule is CC[C@H](C)n1cc(C=Nn2c(-c3cc4c(OC)cccc4o3)nc3ccccc3c2=O)c2ccccc21. The minimum atomic E-state index is -0.269. The predicted molar refractivity (Wildman–Crippen MR) is 148 cm³/mol. The van der Waals surface area contributed by atoms with E-state index < -0.39 is 0 Å².